The SMILES string of the molecule is CCCCCCCOc1ccc(C(=O)Oc2ccc(CN(CC(=O)OC(C)(C)C)C(=O)c3ccc(C(=O)NCc4ccc(OC)cc4C(F)(F)F)cn3)cc2)cc1. The van der Waals surface area contributed by atoms with Crippen LogP contribution >= 0.6 is 0 Å². The normalized spacial score (nSPS) is 11.4. The van der Waals surface area contributed by atoms with Gasteiger partial charge in [0.25, 0.3) is 11.8 Å². The van der Waals surface area contributed by atoms with Gasteiger partial charge >= 0.3 is 18.1 Å². The lowest BCUT2D eigenvalue weighted by atomic mass is 10.1. The summed E-state index contributed by atoms with van der Waals surface area (Å²) in [7, 11) is 1.25. The summed E-state index contributed by atoms with van der Waals surface area (Å²) in [6.45, 7) is 6.94. The molecule has 0 bridgehead atoms. The summed E-state index contributed by atoms with van der Waals surface area (Å²) in [4.78, 5) is 57.5. The minimum atomic E-state index is -4.67. The van der Waals surface area contributed by atoms with Gasteiger partial charge in [0.1, 0.15) is 35.1 Å². The molecule has 0 atom stereocenters. The Morgan fingerprint density at radius 3 is 2.05 bits per heavy atom. The number of amides is 2. The van der Waals surface area contributed by atoms with Crippen molar-refractivity contribution in [3.8, 4) is 17.2 Å². The molecule has 0 fully saturated rings. The third-order valence-corrected chi connectivity index (χ3v) is 8.45. The number of pyridine rings is 1. The first-order chi connectivity index (χ1) is 27.1. The molecule has 0 saturated heterocycles. The smallest absolute Gasteiger partial charge is 0.416 e. The van der Waals surface area contributed by atoms with E-state index in [9.17, 15) is 32.3 Å². The van der Waals surface area contributed by atoms with Crippen LogP contribution in [0, 0.1) is 0 Å². The summed E-state index contributed by atoms with van der Waals surface area (Å²) >= 11 is 0. The lowest BCUT2D eigenvalue weighted by molar-refractivity contribution is -0.155. The van der Waals surface area contributed by atoms with E-state index < -0.39 is 54.2 Å². The minimum Gasteiger partial charge on any atom is -0.497 e. The molecule has 11 nitrogen and oxygen atoms in total. The number of ether oxygens (including phenoxy) is 4. The summed E-state index contributed by atoms with van der Waals surface area (Å²) in [6.07, 6.45) is 2.09. The average Bonchev–Trinajstić information content (AvgIpc) is 3.17. The Morgan fingerprint density at radius 1 is 0.789 bits per heavy atom. The monoisotopic (exact) mass is 791 g/mol. The number of halogens is 3. The second-order valence-electron chi connectivity index (χ2n) is 14.2. The lowest BCUT2D eigenvalue weighted by Gasteiger charge is -2.25. The van der Waals surface area contributed by atoms with Crippen molar-refractivity contribution in [2.75, 3.05) is 20.3 Å². The lowest BCUT2D eigenvalue weighted by Crippen LogP contribution is -2.38. The number of aromatic nitrogens is 1. The molecule has 1 N–H and O–H groups in total. The number of carbonyl (C=O) groups is 4. The molecule has 0 aliphatic rings. The van der Waals surface area contributed by atoms with Gasteiger partial charge in [0, 0.05) is 19.3 Å². The van der Waals surface area contributed by atoms with Crippen LogP contribution in [-0.2, 0) is 28.8 Å². The predicted molar refractivity (Wildman–Crippen MR) is 206 cm³/mol. The fourth-order valence-electron chi connectivity index (χ4n) is 5.56. The van der Waals surface area contributed by atoms with Gasteiger partial charge in [0.2, 0.25) is 0 Å². The summed E-state index contributed by atoms with van der Waals surface area (Å²) < 4.78 is 62.5. The maximum Gasteiger partial charge on any atom is 0.416 e. The molecule has 304 valence electrons. The van der Waals surface area contributed by atoms with E-state index in [1.54, 1.807) is 69.3 Å². The van der Waals surface area contributed by atoms with E-state index in [0.29, 0.717) is 23.5 Å². The highest BCUT2D eigenvalue weighted by molar-refractivity contribution is 5.97. The number of rotatable bonds is 18. The first-order valence-electron chi connectivity index (χ1n) is 18.6. The van der Waals surface area contributed by atoms with Gasteiger partial charge < -0.3 is 29.2 Å². The Hall–Kier alpha value is -5.92. The number of hydrogen-bond donors (Lipinski definition) is 1. The molecule has 2 amide bonds. The Labute approximate surface area is 330 Å². The number of nitrogens with zero attached hydrogens (tertiary/aromatic N) is 2. The Balaban J connectivity index is 1.39. The zero-order valence-corrected chi connectivity index (χ0v) is 32.7. The van der Waals surface area contributed by atoms with Crippen LogP contribution in [-0.4, -0.2) is 59.5 Å². The van der Waals surface area contributed by atoms with Gasteiger partial charge in [-0.2, -0.15) is 13.2 Å². The first-order valence-corrected chi connectivity index (χ1v) is 18.6. The molecule has 0 unspecified atom stereocenters. The fraction of sp³-hybridized carbons (Fsp3) is 0.372. The topological polar surface area (TPSA) is 133 Å². The number of esters is 2. The second-order valence-corrected chi connectivity index (χ2v) is 14.2. The number of methoxy groups -OCH3 is 1. The third kappa shape index (κ3) is 14.0. The van der Waals surface area contributed by atoms with E-state index in [4.69, 9.17) is 18.9 Å². The van der Waals surface area contributed by atoms with E-state index in [1.807, 2.05) is 0 Å². The summed E-state index contributed by atoms with van der Waals surface area (Å²) in [6, 6.07) is 19.1. The molecule has 57 heavy (non-hydrogen) atoms. The maximum absolute atomic E-state index is 13.7. The third-order valence-electron chi connectivity index (χ3n) is 8.45. The van der Waals surface area contributed by atoms with E-state index in [0.717, 1.165) is 25.1 Å². The van der Waals surface area contributed by atoms with Crippen molar-refractivity contribution in [1.29, 1.82) is 0 Å². The number of unbranched alkanes of at least 4 members (excludes halogenated alkanes) is 4. The van der Waals surface area contributed by atoms with Crippen molar-refractivity contribution in [1.82, 2.24) is 15.2 Å². The average molecular weight is 792 g/mol. The summed E-state index contributed by atoms with van der Waals surface area (Å²) in [5.41, 5.74) is -1.10. The predicted octanol–water partition coefficient (Wildman–Crippen LogP) is 8.59. The van der Waals surface area contributed by atoms with Crippen molar-refractivity contribution < 1.29 is 51.3 Å². The van der Waals surface area contributed by atoms with Crippen LogP contribution in [0.1, 0.15) is 108 Å². The van der Waals surface area contributed by atoms with Gasteiger partial charge in [-0.3, -0.25) is 19.4 Å². The van der Waals surface area contributed by atoms with E-state index in [1.165, 1.54) is 55.5 Å². The fourth-order valence-corrected chi connectivity index (χ4v) is 5.56. The zero-order valence-electron chi connectivity index (χ0n) is 32.7. The van der Waals surface area contributed by atoms with Gasteiger partial charge in [-0.05, 0) is 99.0 Å². The molecular formula is C43H48F3N3O8. The molecule has 0 aliphatic heterocycles. The second kappa shape index (κ2) is 20.3. The van der Waals surface area contributed by atoms with Crippen LogP contribution in [0.2, 0.25) is 0 Å². The molecule has 14 heteroatoms. The molecule has 0 aliphatic carbocycles. The number of benzene rings is 3. The largest absolute Gasteiger partial charge is 0.497 e. The Bertz CT molecular complexity index is 1960. The molecule has 0 spiro atoms. The van der Waals surface area contributed by atoms with Gasteiger partial charge in [0.05, 0.1) is 30.4 Å². The molecule has 1 heterocycles. The van der Waals surface area contributed by atoms with Crippen molar-refractivity contribution in [3.05, 3.63) is 119 Å². The van der Waals surface area contributed by atoms with Gasteiger partial charge in [0.15, 0.2) is 0 Å². The van der Waals surface area contributed by atoms with Crippen molar-refractivity contribution in [2.24, 2.45) is 0 Å². The molecule has 4 aromatic rings. The Morgan fingerprint density at radius 2 is 1.44 bits per heavy atom. The standard InChI is InChI=1S/C43H48F3N3O8/c1-6-7-8-9-10-23-55-33-19-13-30(14-20-33)41(53)56-34-17-11-29(12-18-34)27-49(28-38(50)57-42(2,3)4)40(52)37-22-16-32(26-47-37)39(51)48-25-31-15-21-35(54-5)24-36(31)43(44,45)46/h11-22,24,26H,6-10,23,25,27-28H2,1-5H3,(H,48,51). The zero-order chi connectivity index (χ0) is 41.6. The van der Waals surface area contributed by atoms with Gasteiger partial charge in [-0.1, -0.05) is 50.8 Å². The number of alkyl halides is 3. The Kier molecular flexibility index (Phi) is 15.6. The van der Waals surface area contributed by atoms with Crippen LogP contribution in [0.25, 0.3) is 0 Å². The van der Waals surface area contributed by atoms with Crippen LogP contribution in [0.3, 0.4) is 0 Å². The van der Waals surface area contributed by atoms with Crippen LogP contribution in [0.5, 0.6) is 17.2 Å². The van der Waals surface area contributed by atoms with E-state index in [-0.39, 0.29) is 34.9 Å². The maximum atomic E-state index is 13.7. The molecule has 1 aromatic heterocycles. The molecule has 4 rings (SSSR count). The molecule has 0 radical (unpaired) electrons. The van der Waals surface area contributed by atoms with Crippen molar-refractivity contribution in [2.45, 2.75) is 84.7 Å². The molecule has 3 aromatic carbocycles. The number of carbonyl (C=O) groups excluding carboxylic acids is 4. The van der Waals surface area contributed by atoms with Gasteiger partial charge in [-0.25, -0.2) is 4.79 Å². The number of nitrogens with one attached hydrogen (secondary N) is 1. The molecule has 0 saturated carbocycles. The quantitative estimate of drug-likeness (QED) is 0.0598. The van der Waals surface area contributed by atoms with Crippen LogP contribution < -0.4 is 19.5 Å². The van der Waals surface area contributed by atoms with Crippen LogP contribution in [0.4, 0.5) is 13.2 Å². The van der Waals surface area contributed by atoms with E-state index in [2.05, 4.69) is 17.2 Å². The minimum absolute atomic E-state index is 0.00473. The number of hydrogen-bond acceptors (Lipinski definition) is 9. The van der Waals surface area contributed by atoms with E-state index >= 15 is 0 Å². The first kappa shape index (κ1) is 43.8. The molecular weight excluding hydrogens is 743 g/mol. The highest BCUT2D eigenvalue weighted by Crippen LogP contribution is 2.34. The highest BCUT2D eigenvalue weighted by atomic mass is 19.4. The summed E-state index contributed by atoms with van der Waals surface area (Å²) in [5, 5.41) is 2.45. The highest BCUT2D eigenvalue weighted by Gasteiger charge is 2.34. The van der Waals surface area contributed by atoms with Crippen molar-refractivity contribution >= 4 is 23.8 Å². The summed E-state index contributed by atoms with van der Waals surface area (Å²) in [5.74, 6) is -1.65. The van der Waals surface area contributed by atoms with Crippen molar-refractivity contribution in [3.63, 3.8) is 0 Å². The van der Waals surface area contributed by atoms with Crippen LogP contribution in [0.15, 0.2) is 85.1 Å². The van der Waals surface area contributed by atoms with Gasteiger partial charge in [-0.15, -0.1) is 0 Å².